The van der Waals surface area contributed by atoms with Gasteiger partial charge in [-0.2, -0.15) is 0 Å². The van der Waals surface area contributed by atoms with Crippen LogP contribution in [-0.2, 0) is 0 Å². The molecule has 0 unspecified atom stereocenters. The largest absolute Gasteiger partial charge is 0.368 e. The second-order valence-corrected chi connectivity index (χ2v) is 6.78. The van der Waals surface area contributed by atoms with E-state index in [1.807, 2.05) is 6.08 Å². The molecule has 0 saturated carbocycles. The number of anilines is 2. The molecule has 2 heteroatoms. The molecule has 1 heterocycles. The van der Waals surface area contributed by atoms with Crippen LogP contribution >= 0.6 is 0 Å². The molecular weight excluding hydrogens is 316 g/mol. The van der Waals surface area contributed by atoms with E-state index in [0.29, 0.717) is 0 Å². The zero-order valence-corrected chi connectivity index (χ0v) is 16.3. The quantitative estimate of drug-likeness (QED) is 0.436. The normalized spacial score (nSPS) is 13.7. The molecule has 0 N–H and O–H groups in total. The average molecular weight is 351 g/mol. The molecule has 0 bridgehead atoms. The Bertz CT molecular complexity index is 539. The second kappa shape index (κ2) is 12.2. The summed E-state index contributed by atoms with van der Waals surface area (Å²) < 4.78 is 0. The summed E-state index contributed by atoms with van der Waals surface area (Å²) in [5, 5.41) is 0. The zero-order chi connectivity index (χ0) is 18.5. The van der Waals surface area contributed by atoms with E-state index in [1.165, 1.54) is 43.5 Å². The lowest BCUT2D eigenvalue weighted by Crippen LogP contribution is -2.46. The van der Waals surface area contributed by atoms with Crippen molar-refractivity contribution < 1.29 is 0 Å². The topological polar surface area (TPSA) is 6.48 Å². The van der Waals surface area contributed by atoms with Crippen molar-refractivity contribution in [3.63, 3.8) is 0 Å². The number of allylic oxidation sites excluding steroid dienone is 1. The molecule has 1 saturated heterocycles. The van der Waals surface area contributed by atoms with Crippen molar-refractivity contribution in [3.8, 4) is 0 Å². The summed E-state index contributed by atoms with van der Waals surface area (Å²) in [5.41, 5.74) is 2.68. The Labute approximate surface area is 160 Å². The molecular formula is C24H34N2. The standard InChI is InChI=1S/C16H18N2.C8H16/c1-3-7-15(8-4-1)17-11-13-18(14-12-17)16-9-5-2-6-10-16;1-3-5-7-8-6-4-2/h1-10H,11-14H2;3H,1,4-8H2,2H3. The minimum absolute atomic E-state index is 1.10. The fourth-order valence-corrected chi connectivity index (χ4v) is 3.22. The monoisotopic (exact) mass is 350 g/mol. The van der Waals surface area contributed by atoms with Crippen molar-refractivity contribution in [1.82, 2.24) is 0 Å². The van der Waals surface area contributed by atoms with Crippen molar-refractivity contribution in [1.29, 1.82) is 0 Å². The number of hydrogen-bond acceptors (Lipinski definition) is 2. The predicted molar refractivity (Wildman–Crippen MR) is 116 cm³/mol. The maximum Gasteiger partial charge on any atom is 0.0367 e. The molecule has 140 valence electrons. The maximum atomic E-state index is 3.66. The fraction of sp³-hybridized carbons (Fsp3) is 0.417. The predicted octanol–water partition coefficient (Wildman–Crippen LogP) is 6.16. The van der Waals surface area contributed by atoms with Crippen molar-refractivity contribution in [2.45, 2.75) is 39.0 Å². The number of hydrogen-bond donors (Lipinski definition) is 0. The summed E-state index contributed by atoms with van der Waals surface area (Å²) in [6, 6.07) is 21.4. The molecule has 0 aromatic heterocycles. The van der Waals surface area contributed by atoms with Crippen molar-refractivity contribution in [2.24, 2.45) is 0 Å². The van der Waals surface area contributed by atoms with Gasteiger partial charge in [0.15, 0.2) is 0 Å². The first-order chi connectivity index (χ1) is 12.8. The lowest BCUT2D eigenvalue weighted by atomic mass is 10.2. The van der Waals surface area contributed by atoms with Crippen LogP contribution in [-0.4, -0.2) is 26.2 Å². The van der Waals surface area contributed by atoms with Gasteiger partial charge in [-0.05, 0) is 37.1 Å². The first kappa shape index (κ1) is 20.1. The Morgan fingerprint density at radius 3 is 1.58 bits per heavy atom. The van der Waals surface area contributed by atoms with Gasteiger partial charge in [-0.1, -0.05) is 68.7 Å². The molecule has 2 nitrogen and oxygen atoms in total. The van der Waals surface area contributed by atoms with E-state index < -0.39 is 0 Å². The van der Waals surface area contributed by atoms with E-state index in [0.717, 1.165) is 26.2 Å². The summed E-state index contributed by atoms with van der Waals surface area (Å²) in [6.45, 7) is 10.3. The van der Waals surface area contributed by atoms with E-state index in [-0.39, 0.29) is 0 Å². The van der Waals surface area contributed by atoms with E-state index in [4.69, 9.17) is 0 Å². The molecule has 0 atom stereocenters. The van der Waals surface area contributed by atoms with Crippen LogP contribution in [0.15, 0.2) is 73.3 Å². The SMILES string of the molecule is C=CCCCCCC.c1ccc(N2CCN(c3ccccc3)CC2)cc1. The number of para-hydroxylation sites is 2. The van der Waals surface area contributed by atoms with Crippen LogP contribution in [0.2, 0.25) is 0 Å². The van der Waals surface area contributed by atoms with Crippen molar-refractivity contribution in [3.05, 3.63) is 73.3 Å². The summed E-state index contributed by atoms with van der Waals surface area (Å²) in [6.07, 6.45) is 8.61. The highest BCUT2D eigenvalue weighted by Crippen LogP contribution is 2.19. The van der Waals surface area contributed by atoms with Gasteiger partial charge < -0.3 is 9.80 Å². The van der Waals surface area contributed by atoms with Gasteiger partial charge in [-0.25, -0.2) is 0 Å². The van der Waals surface area contributed by atoms with Gasteiger partial charge in [0.1, 0.15) is 0 Å². The second-order valence-electron chi connectivity index (χ2n) is 6.78. The molecule has 0 radical (unpaired) electrons. The molecule has 3 rings (SSSR count). The van der Waals surface area contributed by atoms with Crippen LogP contribution in [0, 0.1) is 0 Å². The minimum Gasteiger partial charge on any atom is -0.368 e. The smallest absolute Gasteiger partial charge is 0.0367 e. The highest BCUT2D eigenvalue weighted by Gasteiger charge is 2.16. The van der Waals surface area contributed by atoms with Crippen LogP contribution in [0.3, 0.4) is 0 Å². The summed E-state index contributed by atoms with van der Waals surface area (Å²) >= 11 is 0. The average Bonchev–Trinajstić information content (AvgIpc) is 2.73. The van der Waals surface area contributed by atoms with E-state index in [9.17, 15) is 0 Å². The van der Waals surface area contributed by atoms with Gasteiger partial charge >= 0.3 is 0 Å². The molecule has 0 spiro atoms. The van der Waals surface area contributed by atoms with E-state index in [2.05, 4.69) is 84.0 Å². The van der Waals surface area contributed by atoms with Crippen LogP contribution in [0.1, 0.15) is 39.0 Å². The number of benzene rings is 2. The first-order valence-corrected chi connectivity index (χ1v) is 10.1. The van der Waals surface area contributed by atoms with Crippen LogP contribution in [0.4, 0.5) is 11.4 Å². The van der Waals surface area contributed by atoms with Crippen molar-refractivity contribution in [2.75, 3.05) is 36.0 Å². The van der Waals surface area contributed by atoms with Gasteiger partial charge in [0.2, 0.25) is 0 Å². The Balaban J connectivity index is 0.000000260. The van der Waals surface area contributed by atoms with Gasteiger partial charge in [0, 0.05) is 37.6 Å². The minimum atomic E-state index is 1.10. The Morgan fingerprint density at radius 1 is 0.731 bits per heavy atom. The highest BCUT2D eigenvalue weighted by molar-refractivity contribution is 5.51. The third kappa shape index (κ3) is 6.95. The Kier molecular flexibility index (Phi) is 9.42. The summed E-state index contributed by atoms with van der Waals surface area (Å²) in [4.78, 5) is 4.92. The third-order valence-electron chi connectivity index (χ3n) is 4.78. The fourth-order valence-electron chi connectivity index (χ4n) is 3.22. The zero-order valence-electron chi connectivity index (χ0n) is 16.3. The number of piperazine rings is 1. The van der Waals surface area contributed by atoms with Gasteiger partial charge in [-0.3, -0.25) is 0 Å². The summed E-state index contributed by atoms with van der Waals surface area (Å²) in [7, 11) is 0. The van der Waals surface area contributed by atoms with Crippen LogP contribution < -0.4 is 9.80 Å². The molecule has 26 heavy (non-hydrogen) atoms. The Morgan fingerprint density at radius 2 is 1.19 bits per heavy atom. The maximum absolute atomic E-state index is 3.66. The highest BCUT2D eigenvalue weighted by atomic mass is 15.3. The van der Waals surface area contributed by atoms with Crippen LogP contribution in [0.5, 0.6) is 0 Å². The molecule has 1 aliphatic rings. The van der Waals surface area contributed by atoms with Gasteiger partial charge in [0.05, 0.1) is 0 Å². The van der Waals surface area contributed by atoms with E-state index in [1.54, 1.807) is 0 Å². The lowest BCUT2D eigenvalue weighted by Gasteiger charge is -2.37. The third-order valence-corrected chi connectivity index (χ3v) is 4.78. The molecule has 2 aromatic rings. The summed E-state index contributed by atoms with van der Waals surface area (Å²) in [5.74, 6) is 0. The van der Waals surface area contributed by atoms with Gasteiger partial charge in [0.25, 0.3) is 0 Å². The Hall–Kier alpha value is -2.22. The molecule has 1 fully saturated rings. The van der Waals surface area contributed by atoms with E-state index >= 15 is 0 Å². The van der Waals surface area contributed by atoms with Crippen molar-refractivity contribution >= 4 is 11.4 Å². The number of unbranched alkanes of at least 4 members (excludes halogenated alkanes) is 4. The van der Waals surface area contributed by atoms with Crippen LogP contribution in [0.25, 0.3) is 0 Å². The molecule has 1 aliphatic heterocycles. The molecule has 2 aromatic carbocycles. The number of nitrogens with zero attached hydrogens (tertiary/aromatic N) is 2. The molecule has 0 amide bonds. The lowest BCUT2D eigenvalue weighted by molar-refractivity contribution is 0.653. The molecule has 0 aliphatic carbocycles. The first-order valence-electron chi connectivity index (χ1n) is 10.1. The number of rotatable bonds is 7. The van der Waals surface area contributed by atoms with Gasteiger partial charge in [-0.15, -0.1) is 6.58 Å².